The van der Waals surface area contributed by atoms with Crippen molar-refractivity contribution < 1.29 is 19.0 Å². The summed E-state index contributed by atoms with van der Waals surface area (Å²) >= 11 is 0. The van der Waals surface area contributed by atoms with Crippen LogP contribution in [0.3, 0.4) is 0 Å². The number of nitrogens with zero attached hydrogens (tertiary/aromatic N) is 6. The number of amides is 1. The zero-order chi connectivity index (χ0) is 27.4. The van der Waals surface area contributed by atoms with Crippen molar-refractivity contribution in [1.29, 1.82) is 0 Å². The van der Waals surface area contributed by atoms with E-state index in [1.54, 1.807) is 12.4 Å². The number of aliphatic imine (C=N–C) groups is 1. The fourth-order valence-corrected chi connectivity index (χ4v) is 5.73. The van der Waals surface area contributed by atoms with Gasteiger partial charge in [-0.15, -0.1) is 0 Å². The summed E-state index contributed by atoms with van der Waals surface area (Å²) in [6, 6.07) is 5.68. The predicted octanol–water partition coefficient (Wildman–Crippen LogP) is 3.79. The molecule has 10 nitrogen and oxygen atoms in total. The highest BCUT2D eigenvalue weighted by molar-refractivity contribution is 6.08. The Morgan fingerprint density at radius 3 is 2.55 bits per heavy atom. The number of phenols is 1. The lowest BCUT2D eigenvalue weighted by atomic mass is 10.1. The van der Waals surface area contributed by atoms with Crippen LogP contribution in [0.5, 0.6) is 11.5 Å². The number of carbonyl (C=O) groups excluding carboxylic acids is 1. The second-order valence-corrected chi connectivity index (χ2v) is 11.0. The van der Waals surface area contributed by atoms with Gasteiger partial charge in [-0.2, -0.15) is 0 Å². The molecule has 4 aliphatic rings. The second-order valence-electron chi connectivity index (χ2n) is 11.0. The molecule has 1 saturated heterocycles. The molecule has 2 saturated carbocycles. The minimum Gasteiger partial charge on any atom is -0.507 e. The van der Waals surface area contributed by atoms with E-state index in [9.17, 15) is 14.3 Å². The van der Waals surface area contributed by atoms with Crippen LogP contribution in [0.25, 0.3) is 11.3 Å². The normalized spacial score (nSPS) is 21.8. The number of amidine groups is 1. The van der Waals surface area contributed by atoms with Crippen LogP contribution >= 0.6 is 0 Å². The van der Waals surface area contributed by atoms with Crippen LogP contribution < -0.4 is 10.1 Å². The first kappa shape index (κ1) is 24.9. The van der Waals surface area contributed by atoms with Crippen molar-refractivity contribution in [2.45, 2.75) is 43.6 Å². The maximum absolute atomic E-state index is 14.9. The number of nitrogens with one attached hydrogen (secondary N) is 1. The number of hydrogen-bond acceptors (Lipinski definition) is 8. The van der Waals surface area contributed by atoms with Gasteiger partial charge < -0.3 is 25.0 Å². The molecular weight excluding hydrogens is 513 g/mol. The number of phenolic OH excluding ortho intramolecular Hbond substituents is 1. The molecule has 1 aromatic carbocycles. The van der Waals surface area contributed by atoms with E-state index < -0.39 is 5.82 Å². The molecule has 0 spiro atoms. The summed E-state index contributed by atoms with van der Waals surface area (Å²) in [5.74, 6) is 1.06. The Labute approximate surface area is 230 Å². The lowest BCUT2D eigenvalue weighted by Crippen LogP contribution is -2.55. The van der Waals surface area contributed by atoms with Gasteiger partial charge in [0.25, 0.3) is 0 Å². The van der Waals surface area contributed by atoms with Gasteiger partial charge in [-0.1, -0.05) is 6.07 Å². The Kier molecular flexibility index (Phi) is 6.10. The van der Waals surface area contributed by atoms with Gasteiger partial charge in [0.05, 0.1) is 28.7 Å². The lowest BCUT2D eigenvalue weighted by Gasteiger charge is -2.40. The molecule has 7 rings (SSSR count). The van der Waals surface area contributed by atoms with Crippen molar-refractivity contribution in [3.8, 4) is 22.8 Å². The number of rotatable bonds is 6. The molecule has 1 atom stereocenters. The second kappa shape index (κ2) is 9.81. The van der Waals surface area contributed by atoms with Gasteiger partial charge >= 0.3 is 0 Å². The average molecular weight is 544 g/mol. The van der Waals surface area contributed by atoms with Crippen molar-refractivity contribution in [2.75, 3.05) is 38.6 Å². The highest BCUT2D eigenvalue weighted by Crippen LogP contribution is 2.50. The first-order chi connectivity index (χ1) is 19.5. The van der Waals surface area contributed by atoms with E-state index in [2.05, 4.69) is 37.1 Å². The summed E-state index contributed by atoms with van der Waals surface area (Å²) in [5, 5.41) is 13.2. The quantitative estimate of drug-likeness (QED) is 0.451. The summed E-state index contributed by atoms with van der Waals surface area (Å²) in [6.07, 6.45) is 6.49. The molecule has 1 amide bonds. The number of piperazine rings is 1. The first-order valence-corrected chi connectivity index (χ1v) is 13.8. The van der Waals surface area contributed by atoms with Gasteiger partial charge in [-0.05, 0) is 44.9 Å². The third kappa shape index (κ3) is 4.43. The van der Waals surface area contributed by atoms with Gasteiger partial charge in [0, 0.05) is 37.5 Å². The summed E-state index contributed by atoms with van der Waals surface area (Å²) in [5.41, 5.74) is 3.34. The zero-order valence-electron chi connectivity index (χ0n) is 22.2. The molecule has 1 unspecified atom stereocenters. The minimum atomic E-state index is -0.629. The van der Waals surface area contributed by atoms with E-state index in [-0.39, 0.29) is 28.9 Å². The van der Waals surface area contributed by atoms with Crippen LogP contribution in [0.2, 0.25) is 0 Å². The van der Waals surface area contributed by atoms with Gasteiger partial charge in [-0.3, -0.25) is 4.79 Å². The smallest absolute Gasteiger partial charge is 0.212 e. The Hall–Kier alpha value is -4.12. The number of aromatic nitrogens is 3. The van der Waals surface area contributed by atoms with E-state index >= 15 is 0 Å². The number of pyridine rings is 1. The third-order valence-corrected chi connectivity index (χ3v) is 8.06. The summed E-state index contributed by atoms with van der Waals surface area (Å²) in [7, 11) is 2.08. The number of likely N-dealkylation sites (N-methyl/N-ethyl adjacent to an activating group) is 1. The van der Waals surface area contributed by atoms with Crippen LogP contribution in [-0.4, -0.2) is 81.4 Å². The molecule has 0 bridgehead atoms. The van der Waals surface area contributed by atoms with Crippen LogP contribution in [0.4, 0.5) is 15.9 Å². The number of ether oxygens (including phenoxy) is 1. The molecule has 0 radical (unpaired) electrons. The summed E-state index contributed by atoms with van der Waals surface area (Å²) in [6.45, 7) is 2.64. The predicted molar refractivity (Wildman–Crippen MR) is 147 cm³/mol. The summed E-state index contributed by atoms with van der Waals surface area (Å²) in [4.78, 5) is 35.6. The molecule has 2 aliphatic carbocycles. The SMILES string of the molecule is CN1CCN2/C(=N/c3c(C4CC4)ncnc3C3CC3)c3c(cc(-c4c(O)cccc4F)nc3NC=O)OCC2C1. The maximum atomic E-state index is 14.9. The fraction of sp³-hybridized carbons (Fsp3) is 0.414. The van der Waals surface area contributed by atoms with Crippen LogP contribution in [-0.2, 0) is 4.79 Å². The van der Waals surface area contributed by atoms with E-state index in [0.717, 1.165) is 55.8 Å². The van der Waals surface area contributed by atoms with E-state index in [4.69, 9.17) is 9.73 Å². The number of anilines is 1. The molecule has 2 N–H and O–H groups in total. The molecule has 40 heavy (non-hydrogen) atoms. The van der Waals surface area contributed by atoms with E-state index in [1.807, 2.05) is 0 Å². The fourth-order valence-electron chi connectivity index (χ4n) is 5.73. The Bertz CT molecular complexity index is 1470. The standard InChI is InChI=1S/C29H30FN7O3/c1-36-9-10-37-18(12-36)13-40-22-11-20(23-19(30)3-2-4-21(23)39)34-28(33-15-38)24(22)29(37)35-27-25(16-5-6-16)31-14-32-26(27)17-7-8-17/h2-4,11,14-18,39H,5-10,12-13H2,1H3,(H,33,34,38)/b35-29+. The number of aromatic hydroxyl groups is 1. The molecule has 2 aromatic heterocycles. The van der Waals surface area contributed by atoms with Crippen LogP contribution in [0.15, 0.2) is 35.6 Å². The largest absolute Gasteiger partial charge is 0.507 e. The number of halogens is 1. The number of fused-ring (bicyclic) bond motifs is 2. The highest BCUT2D eigenvalue weighted by Gasteiger charge is 2.39. The van der Waals surface area contributed by atoms with E-state index in [1.165, 1.54) is 18.2 Å². The Morgan fingerprint density at radius 1 is 1.12 bits per heavy atom. The van der Waals surface area contributed by atoms with Gasteiger partial charge in [0.15, 0.2) is 0 Å². The third-order valence-electron chi connectivity index (χ3n) is 8.06. The lowest BCUT2D eigenvalue weighted by molar-refractivity contribution is -0.105. The van der Waals surface area contributed by atoms with E-state index in [0.29, 0.717) is 48.5 Å². The number of carbonyl (C=O) groups is 1. The number of hydrogen-bond donors (Lipinski definition) is 2. The molecular formula is C29H30FN7O3. The van der Waals surface area contributed by atoms with Crippen LogP contribution in [0.1, 0.15) is 54.5 Å². The van der Waals surface area contributed by atoms with Crippen molar-refractivity contribution in [2.24, 2.45) is 4.99 Å². The monoisotopic (exact) mass is 543 g/mol. The van der Waals surface area contributed by atoms with Gasteiger partial charge in [0.1, 0.15) is 53.2 Å². The maximum Gasteiger partial charge on any atom is 0.212 e. The molecule has 11 heteroatoms. The first-order valence-electron chi connectivity index (χ1n) is 13.8. The van der Waals surface area contributed by atoms with Crippen molar-refractivity contribution in [3.63, 3.8) is 0 Å². The van der Waals surface area contributed by atoms with Crippen molar-refractivity contribution >= 4 is 23.8 Å². The average Bonchev–Trinajstić information content (AvgIpc) is 3.84. The van der Waals surface area contributed by atoms with Gasteiger partial charge in [0.2, 0.25) is 6.41 Å². The number of benzene rings is 1. The highest BCUT2D eigenvalue weighted by atomic mass is 19.1. The molecule has 4 heterocycles. The Morgan fingerprint density at radius 2 is 1.88 bits per heavy atom. The topological polar surface area (TPSA) is 116 Å². The molecule has 206 valence electrons. The van der Waals surface area contributed by atoms with Crippen molar-refractivity contribution in [1.82, 2.24) is 24.8 Å². The van der Waals surface area contributed by atoms with Gasteiger partial charge in [-0.25, -0.2) is 24.3 Å². The van der Waals surface area contributed by atoms with Crippen LogP contribution in [0, 0.1) is 5.82 Å². The van der Waals surface area contributed by atoms with Crippen molar-refractivity contribution in [3.05, 3.63) is 53.4 Å². The minimum absolute atomic E-state index is 0.0160. The molecule has 3 fully saturated rings. The summed E-state index contributed by atoms with van der Waals surface area (Å²) < 4.78 is 21.2. The molecule has 2 aliphatic heterocycles. The molecule has 3 aromatic rings. The zero-order valence-corrected chi connectivity index (χ0v) is 22.2. The Balaban J connectivity index is 1.47.